The van der Waals surface area contributed by atoms with E-state index in [1.807, 2.05) is 49.4 Å². The van der Waals surface area contributed by atoms with Gasteiger partial charge in [-0.25, -0.2) is 4.90 Å². The predicted octanol–water partition coefficient (Wildman–Crippen LogP) is 2.90. The Morgan fingerprint density at radius 1 is 1.09 bits per heavy atom. The number of anilines is 1. The molecular weight excluding hydrogens is 290 g/mol. The fraction of sp³-hybridized carbons (Fsp3) is 0.368. The molecule has 2 aromatic rings. The average Bonchev–Trinajstić information content (AvgIpc) is 3.16. The lowest BCUT2D eigenvalue weighted by molar-refractivity contribution is -0.126. The molecule has 23 heavy (non-hydrogen) atoms. The number of carbonyl (C=O) groups excluding carboxylic acids is 2. The van der Waals surface area contributed by atoms with Crippen LogP contribution in [0.1, 0.15) is 19.8 Å². The van der Waals surface area contributed by atoms with Crippen molar-refractivity contribution in [1.29, 1.82) is 0 Å². The number of fused-ring (bicyclic) bond motifs is 6. The first-order chi connectivity index (χ1) is 11.1. The molecule has 0 aromatic heterocycles. The molecule has 4 nitrogen and oxygen atoms in total. The molecule has 3 aliphatic rings. The minimum absolute atomic E-state index is 0.0908. The third kappa shape index (κ3) is 1.59. The Kier molecular flexibility index (Phi) is 2.42. The number of ether oxygens (including phenoxy) is 1. The van der Waals surface area contributed by atoms with E-state index in [1.165, 1.54) is 4.90 Å². The van der Waals surface area contributed by atoms with Gasteiger partial charge in [-0.1, -0.05) is 30.3 Å². The zero-order chi connectivity index (χ0) is 15.8. The number of imide groups is 1. The summed E-state index contributed by atoms with van der Waals surface area (Å²) in [4.78, 5) is 27.2. The van der Waals surface area contributed by atoms with Gasteiger partial charge in [0.25, 0.3) is 0 Å². The first kappa shape index (κ1) is 13.3. The first-order valence-corrected chi connectivity index (χ1v) is 8.13. The summed E-state index contributed by atoms with van der Waals surface area (Å²) in [5.41, 5.74) is 0.212. The lowest BCUT2D eigenvalue weighted by atomic mass is 9.74. The Morgan fingerprint density at radius 3 is 2.65 bits per heavy atom. The van der Waals surface area contributed by atoms with E-state index in [1.54, 1.807) is 0 Å². The standard InChI is InChI=1S/C19H17NO3/c1-19-9-8-14(23-19)15-16(19)18(22)20(17(15)21)13-7-6-11-4-2-3-5-12(11)10-13/h2-7,10,14-16H,8-9H2,1H3/t14-,15+,16-,19+/m0/s1. The van der Waals surface area contributed by atoms with Crippen molar-refractivity contribution < 1.29 is 14.3 Å². The molecule has 2 aromatic carbocycles. The highest BCUT2D eigenvalue weighted by Crippen LogP contribution is 2.55. The van der Waals surface area contributed by atoms with Crippen molar-refractivity contribution in [1.82, 2.24) is 0 Å². The molecule has 116 valence electrons. The quantitative estimate of drug-likeness (QED) is 0.761. The van der Waals surface area contributed by atoms with Crippen LogP contribution in [0.4, 0.5) is 5.69 Å². The van der Waals surface area contributed by atoms with E-state index >= 15 is 0 Å². The molecule has 4 atom stereocenters. The summed E-state index contributed by atoms with van der Waals surface area (Å²) in [6, 6.07) is 13.7. The molecule has 3 heterocycles. The van der Waals surface area contributed by atoms with Crippen molar-refractivity contribution in [3.8, 4) is 0 Å². The molecule has 4 heteroatoms. The Labute approximate surface area is 134 Å². The number of nitrogens with zero attached hydrogens (tertiary/aromatic N) is 1. The van der Waals surface area contributed by atoms with Crippen LogP contribution in [0, 0.1) is 11.8 Å². The Morgan fingerprint density at radius 2 is 1.87 bits per heavy atom. The molecule has 0 N–H and O–H groups in total. The van der Waals surface area contributed by atoms with Gasteiger partial charge in [-0.15, -0.1) is 0 Å². The lowest BCUT2D eigenvalue weighted by Crippen LogP contribution is -2.39. The van der Waals surface area contributed by atoms with Crippen LogP contribution >= 0.6 is 0 Å². The third-order valence-electron chi connectivity index (χ3n) is 5.75. The van der Waals surface area contributed by atoms with Crippen LogP contribution < -0.4 is 4.90 Å². The van der Waals surface area contributed by atoms with E-state index in [2.05, 4.69) is 0 Å². The molecule has 2 bridgehead atoms. The van der Waals surface area contributed by atoms with Gasteiger partial charge in [0.1, 0.15) is 0 Å². The molecule has 0 saturated carbocycles. The van der Waals surface area contributed by atoms with Crippen LogP contribution in [0.2, 0.25) is 0 Å². The van der Waals surface area contributed by atoms with Crippen LogP contribution in [0.25, 0.3) is 10.8 Å². The van der Waals surface area contributed by atoms with E-state index in [0.717, 1.165) is 23.6 Å². The molecule has 0 radical (unpaired) electrons. The second-order valence-corrected chi connectivity index (χ2v) is 7.05. The number of amides is 2. The molecule has 5 rings (SSSR count). The molecule has 3 saturated heterocycles. The summed E-state index contributed by atoms with van der Waals surface area (Å²) < 4.78 is 5.95. The fourth-order valence-electron chi connectivity index (χ4n) is 4.65. The minimum atomic E-state index is -0.465. The van der Waals surface area contributed by atoms with E-state index in [9.17, 15) is 9.59 Å². The summed E-state index contributed by atoms with van der Waals surface area (Å²) in [5, 5.41) is 2.14. The van der Waals surface area contributed by atoms with Crippen molar-refractivity contribution in [2.45, 2.75) is 31.5 Å². The van der Waals surface area contributed by atoms with Crippen molar-refractivity contribution in [3.63, 3.8) is 0 Å². The van der Waals surface area contributed by atoms with Gasteiger partial charge in [0.2, 0.25) is 11.8 Å². The van der Waals surface area contributed by atoms with Crippen LogP contribution in [-0.4, -0.2) is 23.5 Å². The minimum Gasteiger partial charge on any atom is -0.370 e. The molecule has 3 aliphatic heterocycles. The Hall–Kier alpha value is -2.20. The lowest BCUT2D eigenvalue weighted by Gasteiger charge is -2.26. The van der Waals surface area contributed by atoms with Crippen LogP contribution in [0.3, 0.4) is 0 Å². The van der Waals surface area contributed by atoms with E-state index in [-0.39, 0.29) is 29.8 Å². The zero-order valence-electron chi connectivity index (χ0n) is 12.9. The van der Waals surface area contributed by atoms with Crippen molar-refractivity contribution in [3.05, 3.63) is 42.5 Å². The third-order valence-corrected chi connectivity index (χ3v) is 5.75. The fourth-order valence-corrected chi connectivity index (χ4v) is 4.65. The maximum absolute atomic E-state index is 13.0. The molecule has 0 unspecified atom stereocenters. The SMILES string of the molecule is C[C@]12CC[C@H](O1)[C@H]1C(=O)N(c3ccc4ccccc4c3)C(=O)[C@H]12. The average molecular weight is 307 g/mol. The number of benzene rings is 2. The summed E-state index contributed by atoms with van der Waals surface area (Å²) in [7, 11) is 0. The molecule has 0 spiro atoms. The highest BCUT2D eigenvalue weighted by Gasteiger charge is 2.67. The van der Waals surface area contributed by atoms with Crippen LogP contribution in [-0.2, 0) is 14.3 Å². The summed E-state index contributed by atoms with van der Waals surface area (Å²) in [6.07, 6.45) is 1.65. The predicted molar refractivity (Wildman–Crippen MR) is 85.9 cm³/mol. The van der Waals surface area contributed by atoms with Crippen LogP contribution in [0.15, 0.2) is 42.5 Å². The number of carbonyl (C=O) groups is 2. The van der Waals surface area contributed by atoms with Crippen LogP contribution in [0.5, 0.6) is 0 Å². The van der Waals surface area contributed by atoms with Crippen molar-refractivity contribution >= 4 is 28.3 Å². The zero-order valence-corrected chi connectivity index (χ0v) is 12.9. The maximum atomic E-state index is 13.0. The second-order valence-electron chi connectivity index (χ2n) is 7.05. The van der Waals surface area contributed by atoms with Gasteiger partial charge >= 0.3 is 0 Å². The molecular formula is C19H17NO3. The molecule has 0 aliphatic carbocycles. The Bertz CT molecular complexity index is 861. The van der Waals surface area contributed by atoms with Gasteiger partial charge < -0.3 is 4.74 Å². The van der Waals surface area contributed by atoms with Gasteiger partial charge in [-0.05, 0) is 42.7 Å². The first-order valence-electron chi connectivity index (χ1n) is 8.13. The number of rotatable bonds is 1. The van der Waals surface area contributed by atoms with Gasteiger partial charge in [-0.3, -0.25) is 9.59 Å². The number of hydrogen-bond acceptors (Lipinski definition) is 3. The Balaban J connectivity index is 1.60. The van der Waals surface area contributed by atoms with E-state index in [0.29, 0.717) is 5.69 Å². The second kappa shape index (κ2) is 4.20. The summed E-state index contributed by atoms with van der Waals surface area (Å²) >= 11 is 0. The monoisotopic (exact) mass is 307 g/mol. The van der Waals surface area contributed by atoms with Gasteiger partial charge in [0.15, 0.2) is 0 Å². The molecule has 3 fully saturated rings. The van der Waals surface area contributed by atoms with Gasteiger partial charge in [0, 0.05) is 0 Å². The van der Waals surface area contributed by atoms with Gasteiger partial charge in [0.05, 0.1) is 29.2 Å². The highest BCUT2D eigenvalue weighted by atomic mass is 16.5. The topological polar surface area (TPSA) is 46.6 Å². The number of hydrogen-bond donors (Lipinski definition) is 0. The maximum Gasteiger partial charge on any atom is 0.240 e. The van der Waals surface area contributed by atoms with Crippen molar-refractivity contribution in [2.75, 3.05) is 4.90 Å². The smallest absolute Gasteiger partial charge is 0.240 e. The summed E-state index contributed by atoms with van der Waals surface area (Å²) in [6.45, 7) is 1.98. The van der Waals surface area contributed by atoms with E-state index in [4.69, 9.17) is 4.74 Å². The largest absolute Gasteiger partial charge is 0.370 e. The van der Waals surface area contributed by atoms with E-state index < -0.39 is 5.60 Å². The van der Waals surface area contributed by atoms with Crippen molar-refractivity contribution in [2.24, 2.45) is 11.8 Å². The summed E-state index contributed by atoms with van der Waals surface area (Å²) in [5.74, 6) is -0.809. The normalized spacial score (nSPS) is 35.3. The van der Waals surface area contributed by atoms with Gasteiger partial charge in [-0.2, -0.15) is 0 Å². The molecule has 2 amide bonds. The highest BCUT2D eigenvalue weighted by molar-refractivity contribution is 6.23.